The van der Waals surface area contributed by atoms with Gasteiger partial charge in [-0.15, -0.1) is 0 Å². The summed E-state index contributed by atoms with van der Waals surface area (Å²) in [5.41, 5.74) is 0. The Labute approximate surface area is 126 Å². The molecule has 20 heavy (non-hydrogen) atoms. The number of carbonyl (C=O) groups excluding carboxylic acids is 1. The molecular weight excluding hydrogens is 326 g/mol. The molecule has 1 atom stereocenters. The van der Waals surface area contributed by atoms with Crippen LogP contribution in [0, 0.1) is 0 Å². The molecule has 0 aliphatic rings. The van der Waals surface area contributed by atoms with Gasteiger partial charge in [-0.3, -0.25) is 4.79 Å². The fraction of sp³-hybridized carbons (Fsp3) is 0.429. The minimum absolute atomic E-state index is 0.120. The Balaban J connectivity index is 2.36. The van der Waals surface area contributed by atoms with Crippen LogP contribution in [0.2, 0.25) is 0 Å². The van der Waals surface area contributed by atoms with Crippen molar-refractivity contribution in [1.29, 1.82) is 0 Å². The van der Waals surface area contributed by atoms with Crippen molar-refractivity contribution in [2.24, 2.45) is 0 Å². The number of amides is 1. The van der Waals surface area contributed by atoms with E-state index in [4.69, 9.17) is 9.84 Å². The molecule has 1 aromatic carbocycles. The lowest BCUT2D eigenvalue weighted by Gasteiger charge is -2.14. The Morgan fingerprint density at radius 1 is 1.40 bits per heavy atom. The summed E-state index contributed by atoms with van der Waals surface area (Å²) < 4.78 is 6.27. The molecule has 1 amide bonds. The van der Waals surface area contributed by atoms with Gasteiger partial charge in [0.15, 0.2) is 0 Å². The van der Waals surface area contributed by atoms with Gasteiger partial charge in [0.25, 0.3) is 0 Å². The zero-order valence-corrected chi connectivity index (χ0v) is 12.9. The zero-order chi connectivity index (χ0) is 15.0. The minimum atomic E-state index is -1.01. The quantitative estimate of drug-likeness (QED) is 0.760. The van der Waals surface area contributed by atoms with Gasteiger partial charge < -0.3 is 15.2 Å². The summed E-state index contributed by atoms with van der Waals surface area (Å²) in [7, 11) is 0. The molecule has 1 unspecified atom stereocenters. The average Bonchev–Trinajstić information content (AvgIpc) is 2.40. The first kappa shape index (κ1) is 16.5. The van der Waals surface area contributed by atoms with Crippen LogP contribution < -0.4 is 10.1 Å². The first-order chi connectivity index (χ1) is 9.54. The van der Waals surface area contributed by atoms with E-state index < -0.39 is 12.0 Å². The monoisotopic (exact) mass is 343 g/mol. The van der Waals surface area contributed by atoms with Crippen molar-refractivity contribution in [3.63, 3.8) is 0 Å². The third-order valence-electron chi connectivity index (χ3n) is 2.63. The Morgan fingerprint density at radius 2 is 2.10 bits per heavy atom. The molecule has 5 nitrogen and oxygen atoms in total. The molecule has 2 N–H and O–H groups in total. The normalized spacial score (nSPS) is 11.7. The van der Waals surface area contributed by atoms with Crippen LogP contribution in [0.25, 0.3) is 0 Å². The van der Waals surface area contributed by atoms with Gasteiger partial charge in [-0.1, -0.05) is 25.5 Å². The van der Waals surface area contributed by atoms with E-state index in [0.29, 0.717) is 18.6 Å². The first-order valence-electron chi connectivity index (χ1n) is 6.44. The summed E-state index contributed by atoms with van der Waals surface area (Å²) in [4.78, 5) is 22.6. The van der Waals surface area contributed by atoms with Crippen molar-refractivity contribution in [2.45, 2.75) is 32.2 Å². The van der Waals surface area contributed by atoms with Crippen molar-refractivity contribution in [3.8, 4) is 5.75 Å². The molecule has 0 aliphatic carbocycles. The molecule has 0 heterocycles. The highest BCUT2D eigenvalue weighted by Gasteiger charge is 2.18. The summed E-state index contributed by atoms with van der Waals surface area (Å²) in [6.45, 7) is 2.07. The van der Waals surface area contributed by atoms with Gasteiger partial charge in [0, 0.05) is 0 Å². The van der Waals surface area contributed by atoms with Crippen LogP contribution in [-0.4, -0.2) is 29.6 Å². The van der Waals surface area contributed by atoms with E-state index >= 15 is 0 Å². The molecule has 0 bridgehead atoms. The molecule has 0 saturated carbocycles. The lowest BCUT2D eigenvalue weighted by atomic mass is 10.1. The van der Waals surface area contributed by atoms with Gasteiger partial charge in [0.05, 0.1) is 17.5 Å². The Hall–Kier alpha value is -1.56. The van der Waals surface area contributed by atoms with Gasteiger partial charge in [-0.05, 0) is 34.5 Å². The van der Waals surface area contributed by atoms with E-state index in [2.05, 4.69) is 21.2 Å². The number of halogens is 1. The highest BCUT2D eigenvalue weighted by atomic mass is 79.9. The second-order valence-corrected chi connectivity index (χ2v) is 5.13. The van der Waals surface area contributed by atoms with E-state index in [1.165, 1.54) is 0 Å². The molecule has 0 fully saturated rings. The standard InChI is InChI=1S/C14H18BrNO4/c1-2-5-11(14(18)19)16-13(17)8-9-20-12-7-4-3-6-10(12)15/h3-4,6-7,11H,2,5,8-9H2,1H3,(H,16,17)(H,18,19). The van der Waals surface area contributed by atoms with E-state index in [1.54, 1.807) is 6.07 Å². The SMILES string of the molecule is CCCC(NC(=O)CCOc1ccccc1Br)C(=O)O. The first-order valence-corrected chi connectivity index (χ1v) is 7.23. The highest BCUT2D eigenvalue weighted by Crippen LogP contribution is 2.23. The predicted octanol–water partition coefficient (Wildman–Crippen LogP) is 2.59. The number of para-hydroxylation sites is 1. The Kier molecular flexibility index (Phi) is 7.08. The van der Waals surface area contributed by atoms with Crippen LogP contribution in [0.3, 0.4) is 0 Å². The Bertz CT molecular complexity index is 464. The largest absolute Gasteiger partial charge is 0.492 e. The third-order valence-corrected chi connectivity index (χ3v) is 3.29. The van der Waals surface area contributed by atoms with Crippen molar-refractivity contribution in [3.05, 3.63) is 28.7 Å². The van der Waals surface area contributed by atoms with Crippen molar-refractivity contribution in [2.75, 3.05) is 6.61 Å². The molecule has 6 heteroatoms. The molecule has 1 rings (SSSR count). The average molecular weight is 344 g/mol. The molecule has 0 spiro atoms. The molecular formula is C14H18BrNO4. The number of hydrogen-bond donors (Lipinski definition) is 2. The van der Waals surface area contributed by atoms with Gasteiger partial charge >= 0.3 is 5.97 Å². The van der Waals surface area contributed by atoms with Gasteiger partial charge in [-0.2, -0.15) is 0 Å². The second kappa shape index (κ2) is 8.58. The number of carbonyl (C=O) groups is 2. The fourth-order valence-corrected chi connectivity index (χ4v) is 2.03. The minimum Gasteiger partial charge on any atom is -0.492 e. The van der Waals surface area contributed by atoms with Crippen LogP contribution in [0.4, 0.5) is 0 Å². The smallest absolute Gasteiger partial charge is 0.326 e. The van der Waals surface area contributed by atoms with Crippen molar-refractivity contribution in [1.82, 2.24) is 5.32 Å². The van der Waals surface area contributed by atoms with E-state index in [9.17, 15) is 9.59 Å². The topological polar surface area (TPSA) is 75.6 Å². The molecule has 0 radical (unpaired) electrons. The summed E-state index contributed by atoms with van der Waals surface area (Å²) >= 11 is 3.34. The van der Waals surface area contributed by atoms with Crippen LogP contribution in [0.5, 0.6) is 5.75 Å². The third kappa shape index (κ3) is 5.61. The predicted molar refractivity (Wildman–Crippen MR) is 78.7 cm³/mol. The second-order valence-electron chi connectivity index (χ2n) is 4.28. The molecule has 0 aromatic heterocycles. The van der Waals surface area contributed by atoms with E-state index in [-0.39, 0.29) is 18.9 Å². The number of rotatable bonds is 8. The van der Waals surface area contributed by atoms with Crippen molar-refractivity contribution < 1.29 is 19.4 Å². The highest BCUT2D eigenvalue weighted by molar-refractivity contribution is 9.10. The number of carboxylic acid groups (broad SMARTS) is 1. The Morgan fingerprint density at radius 3 is 2.70 bits per heavy atom. The zero-order valence-electron chi connectivity index (χ0n) is 11.3. The van der Waals surface area contributed by atoms with Crippen molar-refractivity contribution >= 4 is 27.8 Å². The van der Waals surface area contributed by atoms with Crippen LogP contribution in [-0.2, 0) is 9.59 Å². The summed E-state index contributed by atoms with van der Waals surface area (Å²) in [6.07, 6.45) is 1.24. The number of carboxylic acids is 1. The van der Waals surface area contributed by atoms with E-state index in [1.807, 2.05) is 25.1 Å². The maximum absolute atomic E-state index is 11.6. The van der Waals surface area contributed by atoms with Crippen LogP contribution >= 0.6 is 15.9 Å². The number of aliphatic carboxylic acids is 1. The molecule has 0 saturated heterocycles. The maximum Gasteiger partial charge on any atom is 0.326 e. The lowest BCUT2D eigenvalue weighted by Crippen LogP contribution is -2.41. The lowest BCUT2D eigenvalue weighted by molar-refractivity contribution is -0.142. The molecule has 1 aromatic rings. The summed E-state index contributed by atoms with van der Waals surface area (Å²) in [5.74, 6) is -0.673. The van der Waals surface area contributed by atoms with Crippen LogP contribution in [0.1, 0.15) is 26.2 Å². The van der Waals surface area contributed by atoms with Gasteiger partial charge in [-0.25, -0.2) is 4.79 Å². The molecule has 0 aliphatic heterocycles. The summed E-state index contributed by atoms with van der Waals surface area (Å²) in [6, 6.07) is 6.51. The number of benzene rings is 1. The number of nitrogens with one attached hydrogen (secondary N) is 1. The maximum atomic E-state index is 11.6. The van der Waals surface area contributed by atoms with Crippen LogP contribution in [0.15, 0.2) is 28.7 Å². The van der Waals surface area contributed by atoms with Gasteiger partial charge in [0.1, 0.15) is 11.8 Å². The summed E-state index contributed by atoms with van der Waals surface area (Å²) in [5, 5.41) is 11.4. The van der Waals surface area contributed by atoms with E-state index in [0.717, 1.165) is 4.47 Å². The van der Waals surface area contributed by atoms with Gasteiger partial charge in [0.2, 0.25) is 5.91 Å². The molecule has 110 valence electrons. The number of hydrogen-bond acceptors (Lipinski definition) is 3. The number of ether oxygens (including phenoxy) is 1. The fourth-order valence-electron chi connectivity index (χ4n) is 1.63.